The quantitative estimate of drug-likeness (QED) is 0.477. The van der Waals surface area contributed by atoms with Gasteiger partial charge in [0, 0.05) is 10.8 Å². The van der Waals surface area contributed by atoms with Crippen LogP contribution in [0.25, 0.3) is 6.08 Å². The number of aliphatic hydroxyl groups is 1. The monoisotopic (exact) mass is 580 g/mol. The second-order valence-corrected chi connectivity index (χ2v) is 14.8. The highest BCUT2D eigenvalue weighted by molar-refractivity contribution is 6.25. The molecule has 3 saturated carbocycles. The van der Waals surface area contributed by atoms with Gasteiger partial charge in [-0.05, 0) is 74.0 Å². The predicted octanol–water partition coefficient (Wildman–Crippen LogP) is 5.44. The van der Waals surface area contributed by atoms with Gasteiger partial charge in [-0.3, -0.25) is 4.68 Å². The first-order valence-electron chi connectivity index (χ1n) is 15.3. The fourth-order valence-electron chi connectivity index (χ4n) is 10.6. The molecule has 8 rings (SSSR count). The fraction of sp³-hybridized carbons (Fsp3) is 0.667. The van der Waals surface area contributed by atoms with Gasteiger partial charge in [-0.1, -0.05) is 56.2 Å². The number of nitrogens with zero attached hydrogens (tertiary/aromatic N) is 2. The van der Waals surface area contributed by atoms with Crippen LogP contribution in [0.4, 0.5) is 0 Å². The summed E-state index contributed by atoms with van der Waals surface area (Å²) in [7, 11) is 0. The molecule has 0 bridgehead atoms. The maximum atomic E-state index is 12.3. The summed E-state index contributed by atoms with van der Waals surface area (Å²) in [5, 5.41) is 17.1. The van der Waals surface area contributed by atoms with Crippen molar-refractivity contribution in [2.24, 2.45) is 28.6 Å². The van der Waals surface area contributed by atoms with Crippen LogP contribution in [0.3, 0.4) is 0 Å². The van der Waals surface area contributed by atoms with Crippen molar-refractivity contribution in [3.05, 3.63) is 58.4 Å². The third-order valence-electron chi connectivity index (χ3n) is 12.5. The van der Waals surface area contributed by atoms with Crippen LogP contribution in [0, 0.1) is 35.5 Å². The summed E-state index contributed by atoms with van der Waals surface area (Å²) >= 11 is 7.94. The number of benzene rings is 1. The number of aromatic nitrogens is 2. The molecular formula is C33H41ClN2O5. The van der Waals surface area contributed by atoms with E-state index in [9.17, 15) is 5.11 Å². The van der Waals surface area contributed by atoms with E-state index in [-0.39, 0.29) is 42.2 Å². The van der Waals surface area contributed by atoms with E-state index in [2.05, 4.69) is 62.7 Å². The lowest BCUT2D eigenvalue weighted by Gasteiger charge is -2.65. The zero-order valence-electron chi connectivity index (χ0n) is 24.5. The van der Waals surface area contributed by atoms with Gasteiger partial charge in [-0.2, -0.15) is 5.10 Å². The Hall–Kier alpha value is -1.74. The molecule has 2 saturated heterocycles. The molecule has 1 N–H and O–H groups in total. The molecule has 1 aromatic carbocycles. The molecule has 8 heteroatoms. The molecule has 1 unspecified atom stereocenters. The van der Waals surface area contributed by atoms with Crippen LogP contribution in [0.1, 0.15) is 68.8 Å². The van der Waals surface area contributed by atoms with E-state index in [0.29, 0.717) is 13.0 Å². The number of rotatable bonds is 2. The van der Waals surface area contributed by atoms with Crippen LogP contribution < -0.4 is 0 Å². The lowest BCUT2D eigenvalue weighted by atomic mass is 9.44. The van der Waals surface area contributed by atoms with Crippen molar-refractivity contribution in [3.63, 3.8) is 0 Å². The number of halogens is 1. The second kappa shape index (κ2) is 8.67. The number of aliphatic hydroxyl groups excluding tert-OH is 1. The van der Waals surface area contributed by atoms with E-state index >= 15 is 0 Å². The van der Waals surface area contributed by atoms with Gasteiger partial charge in [0.25, 0.3) is 0 Å². The average Bonchev–Trinajstić information content (AvgIpc) is 3.71. The third kappa shape index (κ3) is 3.16. The maximum absolute atomic E-state index is 12.3. The normalized spacial score (nSPS) is 46.3. The van der Waals surface area contributed by atoms with Crippen molar-refractivity contribution in [3.8, 4) is 0 Å². The van der Waals surface area contributed by atoms with Gasteiger partial charge in [0.05, 0.1) is 29.4 Å². The van der Waals surface area contributed by atoms with Gasteiger partial charge < -0.3 is 24.1 Å². The summed E-state index contributed by atoms with van der Waals surface area (Å²) in [4.78, 5) is -0.789. The highest BCUT2D eigenvalue weighted by atomic mass is 35.5. The number of hydrogen-bond acceptors (Lipinski definition) is 6. The lowest BCUT2D eigenvalue weighted by Crippen LogP contribution is -2.71. The number of ether oxygens (including phenoxy) is 4. The van der Waals surface area contributed by atoms with Crippen molar-refractivity contribution in [2.45, 2.75) is 88.7 Å². The Morgan fingerprint density at radius 1 is 1.10 bits per heavy atom. The van der Waals surface area contributed by atoms with Crippen LogP contribution in [0.15, 0.2) is 36.0 Å². The highest BCUT2D eigenvalue weighted by Crippen LogP contribution is 2.75. The Labute approximate surface area is 247 Å². The van der Waals surface area contributed by atoms with E-state index in [4.69, 9.17) is 35.6 Å². The molecule has 0 amide bonds. The van der Waals surface area contributed by atoms with E-state index in [1.165, 1.54) is 28.0 Å². The van der Waals surface area contributed by atoms with Gasteiger partial charge >= 0.3 is 0 Å². The first-order chi connectivity index (χ1) is 19.6. The van der Waals surface area contributed by atoms with Crippen LogP contribution >= 0.6 is 11.6 Å². The number of allylic oxidation sites excluding steroid dienone is 1. The van der Waals surface area contributed by atoms with Crippen LogP contribution in [-0.2, 0) is 31.9 Å². The Morgan fingerprint density at radius 3 is 2.63 bits per heavy atom. The molecule has 2 spiro atoms. The van der Waals surface area contributed by atoms with Gasteiger partial charge in [0.15, 0.2) is 13.6 Å². The largest absolute Gasteiger partial charge is 0.391 e. The number of aryl methyl sites for hydroxylation is 1. The molecule has 2 aromatic rings. The summed E-state index contributed by atoms with van der Waals surface area (Å²) in [5.41, 5.74) is 4.80. The molecular weight excluding hydrogens is 540 g/mol. The van der Waals surface area contributed by atoms with Gasteiger partial charge in [-0.25, -0.2) is 0 Å². The number of fused-ring (bicyclic) bond motifs is 8. The first kappa shape index (κ1) is 26.9. The molecule has 7 nitrogen and oxygen atoms in total. The molecule has 1 aromatic heterocycles. The molecule has 9 atom stereocenters. The molecule has 3 heterocycles. The Balaban J connectivity index is 1.16. The van der Waals surface area contributed by atoms with Crippen LogP contribution in [0.2, 0.25) is 0 Å². The highest BCUT2D eigenvalue weighted by Gasteiger charge is 2.81. The average molecular weight is 581 g/mol. The van der Waals surface area contributed by atoms with Crippen LogP contribution in [-0.4, -0.2) is 57.4 Å². The van der Waals surface area contributed by atoms with E-state index in [1.807, 2.05) is 6.20 Å². The summed E-state index contributed by atoms with van der Waals surface area (Å²) < 4.78 is 26.9. The smallest absolute Gasteiger partial charge is 0.227 e. The molecule has 4 aliphatic carbocycles. The minimum Gasteiger partial charge on any atom is -0.391 e. The van der Waals surface area contributed by atoms with Crippen molar-refractivity contribution in [1.82, 2.24) is 9.78 Å². The first-order valence-corrected chi connectivity index (χ1v) is 15.6. The molecule has 41 heavy (non-hydrogen) atoms. The third-order valence-corrected chi connectivity index (χ3v) is 13.4. The van der Waals surface area contributed by atoms with Gasteiger partial charge in [0.1, 0.15) is 12.2 Å². The lowest BCUT2D eigenvalue weighted by molar-refractivity contribution is -0.264. The molecule has 6 aliphatic rings. The van der Waals surface area contributed by atoms with E-state index in [1.54, 1.807) is 0 Å². The standard InChI is InChI=1S/C33H41ClN2O5/c1-20-5-7-22(8-6-20)16-36-27-12-24-9-10-25-26-11-21(2)33(31(40-19-41-33)17-38-18-39-31)30(26,4)14-28(37)32(25,34)29(24,3)13-23(27)15-35-36/h5-8,12,15,21,25-26,28,37H,9-11,13-14,16-19H2,1-4H3/t21-,25+,26+,28+,29+,30+,31?,32+,33-/m1/s1. The van der Waals surface area contributed by atoms with Crippen molar-refractivity contribution < 1.29 is 24.1 Å². The Morgan fingerprint density at radius 2 is 1.88 bits per heavy atom. The molecule has 5 fully saturated rings. The SMILES string of the molecule is Cc1ccc(Cn2ncc3c2C=C2CC[C@H]4[C@@H]5C[C@@H](C)[C@@]6(OCOC67COCO7)[C@@]5(C)C[C@H](O)[C@]4(Cl)[C@@]2(C)C3)cc1. The zero-order chi connectivity index (χ0) is 28.4. The topological polar surface area (TPSA) is 75.0 Å². The predicted molar refractivity (Wildman–Crippen MR) is 154 cm³/mol. The minimum atomic E-state index is -0.933. The maximum Gasteiger partial charge on any atom is 0.227 e. The van der Waals surface area contributed by atoms with Crippen LogP contribution in [0.5, 0.6) is 0 Å². The van der Waals surface area contributed by atoms with Gasteiger partial charge in [0.2, 0.25) is 5.79 Å². The Kier molecular flexibility index (Phi) is 5.68. The fourth-order valence-corrected chi connectivity index (χ4v) is 11.2. The number of alkyl halides is 1. The zero-order valence-corrected chi connectivity index (χ0v) is 25.2. The summed E-state index contributed by atoms with van der Waals surface area (Å²) in [6.07, 6.45) is 7.84. The van der Waals surface area contributed by atoms with Crippen molar-refractivity contribution in [1.29, 1.82) is 0 Å². The summed E-state index contributed by atoms with van der Waals surface area (Å²) in [6.45, 7) is 10.4. The minimum absolute atomic E-state index is 0.134. The van der Waals surface area contributed by atoms with Gasteiger partial charge in [-0.15, -0.1) is 11.6 Å². The van der Waals surface area contributed by atoms with Crippen molar-refractivity contribution in [2.75, 3.05) is 20.2 Å². The molecule has 2 aliphatic heterocycles. The summed E-state index contributed by atoms with van der Waals surface area (Å²) in [6, 6.07) is 8.67. The molecule has 220 valence electrons. The van der Waals surface area contributed by atoms with E-state index < -0.39 is 22.4 Å². The number of hydrogen-bond donors (Lipinski definition) is 1. The molecule has 0 radical (unpaired) electrons. The van der Waals surface area contributed by atoms with E-state index in [0.717, 1.165) is 32.2 Å². The summed E-state index contributed by atoms with van der Waals surface area (Å²) in [5.74, 6) is -0.354. The second-order valence-electron chi connectivity index (χ2n) is 14.2. The van der Waals surface area contributed by atoms with Crippen molar-refractivity contribution >= 4 is 17.7 Å². The Bertz CT molecular complexity index is 1410.